The number of nitrogens with two attached hydrogens (primary N) is 1. The molecule has 1 heterocycles. The van der Waals surface area contributed by atoms with Crippen molar-refractivity contribution in [2.45, 2.75) is 32.7 Å². The molecule has 16 heavy (non-hydrogen) atoms. The maximum Gasteiger partial charge on any atom is 0.143 e. The fraction of sp³-hybridized carbons (Fsp3) is 0.583. The lowest BCUT2D eigenvalue weighted by molar-refractivity contribution is 0.602. The van der Waals surface area contributed by atoms with E-state index in [1.165, 1.54) is 12.8 Å². The molecule has 1 saturated carbocycles. The van der Waals surface area contributed by atoms with Gasteiger partial charge in [0.15, 0.2) is 0 Å². The van der Waals surface area contributed by atoms with Crippen LogP contribution in [0.3, 0.4) is 0 Å². The van der Waals surface area contributed by atoms with Crippen LogP contribution in [0.4, 0.5) is 11.5 Å². The molecular formula is C12H18BrN3. The van der Waals surface area contributed by atoms with E-state index >= 15 is 0 Å². The molecule has 1 aliphatic carbocycles. The number of aromatic nitrogens is 1. The van der Waals surface area contributed by atoms with Crippen LogP contribution in [-0.4, -0.2) is 17.6 Å². The largest absolute Gasteiger partial charge is 0.397 e. The zero-order chi connectivity index (χ0) is 11.7. The summed E-state index contributed by atoms with van der Waals surface area (Å²) in [6, 6.07) is 2.60. The van der Waals surface area contributed by atoms with Crippen molar-refractivity contribution in [3.8, 4) is 0 Å². The van der Waals surface area contributed by atoms with Crippen LogP contribution in [0, 0.1) is 5.92 Å². The van der Waals surface area contributed by atoms with Crippen LogP contribution < -0.4 is 10.6 Å². The van der Waals surface area contributed by atoms with Crippen LogP contribution in [0.1, 0.15) is 26.7 Å². The van der Waals surface area contributed by atoms with E-state index < -0.39 is 0 Å². The summed E-state index contributed by atoms with van der Waals surface area (Å²) in [7, 11) is 0. The second-order valence-corrected chi connectivity index (χ2v) is 5.71. The Balaban J connectivity index is 2.24. The third-order valence-electron chi connectivity index (χ3n) is 2.66. The van der Waals surface area contributed by atoms with Crippen molar-refractivity contribution in [3.05, 3.63) is 16.7 Å². The summed E-state index contributed by atoms with van der Waals surface area (Å²) < 4.78 is 1.00. The number of rotatable bonds is 4. The van der Waals surface area contributed by atoms with Gasteiger partial charge < -0.3 is 10.6 Å². The number of nitrogens with zero attached hydrogens (tertiary/aromatic N) is 2. The molecule has 0 atom stereocenters. The van der Waals surface area contributed by atoms with Crippen LogP contribution in [0.15, 0.2) is 16.7 Å². The second kappa shape index (κ2) is 4.62. The Morgan fingerprint density at radius 1 is 1.56 bits per heavy atom. The van der Waals surface area contributed by atoms with E-state index in [1.807, 2.05) is 6.07 Å². The Labute approximate surface area is 105 Å². The van der Waals surface area contributed by atoms with Gasteiger partial charge in [-0.1, -0.05) is 13.8 Å². The average molecular weight is 284 g/mol. The van der Waals surface area contributed by atoms with Gasteiger partial charge in [-0.05, 0) is 40.8 Å². The third kappa shape index (κ3) is 2.67. The molecule has 0 amide bonds. The van der Waals surface area contributed by atoms with Gasteiger partial charge in [0.25, 0.3) is 0 Å². The summed E-state index contributed by atoms with van der Waals surface area (Å²) in [6.45, 7) is 5.53. The standard InChI is InChI=1S/C12H18BrN3/c1-8(2)7-16(10-3-4-10)12-11(13)5-9(14)6-15-12/h5-6,8,10H,3-4,7,14H2,1-2H3. The first kappa shape index (κ1) is 11.7. The molecule has 0 aromatic carbocycles. The minimum Gasteiger partial charge on any atom is -0.397 e. The van der Waals surface area contributed by atoms with E-state index in [2.05, 4.69) is 39.7 Å². The van der Waals surface area contributed by atoms with Gasteiger partial charge >= 0.3 is 0 Å². The van der Waals surface area contributed by atoms with Crippen molar-refractivity contribution in [2.24, 2.45) is 5.92 Å². The van der Waals surface area contributed by atoms with Gasteiger partial charge in [0, 0.05) is 12.6 Å². The van der Waals surface area contributed by atoms with Crippen molar-refractivity contribution < 1.29 is 0 Å². The molecule has 88 valence electrons. The minimum atomic E-state index is 0.645. The van der Waals surface area contributed by atoms with Crippen LogP contribution in [-0.2, 0) is 0 Å². The molecule has 0 unspecified atom stereocenters. The molecule has 0 aliphatic heterocycles. The number of halogens is 1. The molecule has 2 rings (SSSR count). The van der Waals surface area contributed by atoms with Gasteiger partial charge in [-0.25, -0.2) is 4.98 Å². The molecule has 2 N–H and O–H groups in total. The number of hydrogen-bond acceptors (Lipinski definition) is 3. The van der Waals surface area contributed by atoms with E-state index in [0.29, 0.717) is 17.6 Å². The number of hydrogen-bond donors (Lipinski definition) is 1. The molecule has 0 saturated heterocycles. The molecule has 0 spiro atoms. The van der Waals surface area contributed by atoms with Crippen molar-refractivity contribution in [1.29, 1.82) is 0 Å². The molecular weight excluding hydrogens is 266 g/mol. The molecule has 3 nitrogen and oxygen atoms in total. The highest BCUT2D eigenvalue weighted by atomic mass is 79.9. The Morgan fingerprint density at radius 3 is 2.75 bits per heavy atom. The Morgan fingerprint density at radius 2 is 2.25 bits per heavy atom. The summed E-state index contributed by atoms with van der Waals surface area (Å²) in [5.41, 5.74) is 6.41. The Bertz CT molecular complexity index is 375. The number of nitrogen functional groups attached to an aromatic ring is 1. The average Bonchev–Trinajstić information content (AvgIpc) is 2.97. The van der Waals surface area contributed by atoms with Crippen molar-refractivity contribution in [2.75, 3.05) is 17.2 Å². The second-order valence-electron chi connectivity index (χ2n) is 4.85. The summed E-state index contributed by atoms with van der Waals surface area (Å²) in [4.78, 5) is 6.84. The minimum absolute atomic E-state index is 0.645. The summed E-state index contributed by atoms with van der Waals surface area (Å²) in [5.74, 6) is 1.68. The first-order valence-corrected chi connectivity index (χ1v) is 6.55. The van der Waals surface area contributed by atoms with Gasteiger partial charge in [0.1, 0.15) is 5.82 Å². The molecule has 1 aromatic rings. The molecule has 0 bridgehead atoms. The first-order chi connectivity index (χ1) is 7.58. The van der Waals surface area contributed by atoms with Gasteiger partial charge in [0.05, 0.1) is 16.4 Å². The molecule has 1 aliphatic rings. The first-order valence-electron chi connectivity index (χ1n) is 5.75. The van der Waals surface area contributed by atoms with Gasteiger partial charge in [0.2, 0.25) is 0 Å². The molecule has 1 fully saturated rings. The fourth-order valence-corrected chi connectivity index (χ4v) is 2.44. The maximum atomic E-state index is 5.71. The van der Waals surface area contributed by atoms with E-state index in [0.717, 1.165) is 16.8 Å². The quantitative estimate of drug-likeness (QED) is 0.924. The van der Waals surface area contributed by atoms with Crippen LogP contribution in [0.25, 0.3) is 0 Å². The fourth-order valence-electron chi connectivity index (χ4n) is 1.84. The molecule has 1 aromatic heterocycles. The summed E-state index contributed by atoms with van der Waals surface area (Å²) in [5, 5.41) is 0. The third-order valence-corrected chi connectivity index (χ3v) is 3.25. The topological polar surface area (TPSA) is 42.2 Å². The van der Waals surface area contributed by atoms with E-state index in [1.54, 1.807) is 6.20 Å². The number of anilines is 2. The van der Waals surface area contributed by atoms with Gasteiger partial charge in [-0.2, -0.15) is 0 Å². The van der Waals surface area contributed by atoms with Crippen LogP contribution >= 0.6 is 15.9 Å². The predicted molar refractivity (Wildman–Crippen MR) is 71.6 cm³/mol. The highest BCUT2D eigenvalue weighted by molar-refractivity contribution is 9.10. The highest BCUT2D eigenvalue weighted by Gasteiger charge is 2.31. The van der Waals surface area contributed by atoms with Gasteiger partial charge in [-0.3, -0.25) is 0 Å². The number of pyridine rings is 1. The lowest BCUT2D eigenvalue weighted by Gasteiger charge is -2.26. The maximum absolute atomic E-state index is 5.71. The zero-order valence-corrected chi connectivity index (χ0v) is 11.4. The van der Waals surface area contributed by atoms with Crippen molar-refractivity contribution in [1.82, 2.24) is 4.98 Å². The normalized spacial score (nSPS) is 15.5. The lowest BCUT2D eigenvalue weighted by atomic mass is 10.2. The zero-order valence-electron chi connectivity index (χ0n) is 9.78. The van der Waals surface area contributed by atoms with E-state index in [9.17, 15) is 0 Å². The Hall–Kier alpha value is -0.770. The lowest BCUT2D eigenvalue weighted by Crippen LogP contribution is -2.30. The molecule has 0 radical (unpaired) electrons. The SMILES string of the molecule is CC(C)CN(c1ncc(N)cc1Br)C1CC1. The summed E-state index contributed by atoms with van der Waals surface area (Å²) in [6.07, 6.45) is 4.30. The van der Waals surface area contributed by atoms with Crippen molar-refractivity contribution >= 4 is 27.4 Å². The van der Waals surface area contributed by atoms with Gasteiger partial charge in [-0.15, -0.1) is 0 Å². The summed E-state index contributed by atoms with van der Waals surface area (Å²) >= 11 is 3.55. The van der Waals surface area contributed by atoms with Crippen LogP contribution in [0.5, 0.6) is 0 Å². The van der Waals surface area contributed by atoms with E-state index in [-0.39, 0.29) is 0 Å². The van der Waals surface area contributed by atoms with Crippen molar-refractivity contribution in [3.63, 3.8) is 0 Å². The van der Waals surface area contributed by atoms with E-state index in [4.69, 9.17) is 5.73 Å². The predicted octanol–water partition coefficient (Wildman–Crippen LogP) is 3.05. The smallest absolute Gasteiger partial charge is 0.143 e. The monoisotopic (exact) mass is 283 g/mol. The Kier molecular flexibility index (Phi) is 3.38. The van der Waals surface area contributed by atoms with Crippen LogP contribution in [0.2, 0.25) is 0 Å². The highest BCUT2D eigenvalue weighted by Crippen LogP contribution is 2.35. The molecule has 4 heteroatoms.